The molecule has 0 saturated heterocycles. The van der Waals surface area contributed by atoms with Gasteiger partial charge in [-0.2, -0.15) is 5.10 Å². The second kappa shape index (κ2) is 5.52. The van der Waals surface area contributed by atoms with Crippen molar-refractivity contribution in [3.8, 4) is 5.75 Å². The average Bonchev–Trinajstić information content (AvgIpc) is 3.23. The molecule has 122 valence electrons. The van der Waals surface area contributed by atoms with Crippen LogP contribution in [0.5, 0.6) is 5.75 Å². The monoisotopic (exact) mass is 322 g/mol. The Morgan fingerprint density at radius 1 is 1.25 bits per heavy atom. The van der Waals surface area contributed by atoms with E-state index in [1.807, 2.05) is 39.7 Å². The van der Waals surface area contributed by atoms with Gasteiger partial charge < -0.3 is 10.1 Å². The number of rotatable bonds is 4. The molecular formula is C17H18N6O. The summed E-state index contributed by atoms with van der Waals surface area (Å²) in [6.45, 7) is 4.17. The van der Waals surface area contributed by atoms with Gasteiger partial charge in [-0.15, -0.1) is 0 Å². The Morgan fingerprint density at radius 2 is 2.12 bits per heavy atom. The Morgan fingerprint density at radius 3 is 2.88 bits per heavy atom. The fourth-order valence-electron chi connectivity index (χ4n) is 2.67. The maximum atomic E-state index is 5.31. The van der Waals surface area contributed by atoms with E-state index in [9.17, 15) is 0 Å². The van der Waals surface area contributed by atoms with E-state index in [0.29, 0.717) is 11.9 Å². The number of aromatic nitrogens is 5. The Balaban J connectivity index is 1.84. The van der Waals surface area contributed by atoms with Crippen molar-refractivity contribution >= 4 is 28.2 Å². The number of anilines is 2. The van der Waals surface area contributed by atoms with Crippen molar-refractivity contribution in [3.63, 3.8) is 0 Å². The van der Waals surface area contributed by atoms with E-state index in [2.05, 4.69) is 29.2 Å². The highest BCUT2D eigenvalue weighted by atomic mass is 16.5. The normalized spacial score (nSPS) is 11.5. The first-order valence-corrected chi connectivity index (χ1v) is 7.77. The number of hydrogen-bond acceptors (Lipinski definition) is 5. The van der Waals surface area contributed by atoms with Gasteiger partial charge in [-0.3, -0.25) is 9.08 Å². The molecule has 3 aromatic heterocycles. The highest BCUT2D eigenvalue weighted by Crippen LogP contribution is 2.26. The van der Waals surface area contributed by atoms with E-state index in [0.717, 1.165) is 28.1 Å². The lowest BCUT2D eigenvalue weighted by atomic mass is 10.2. The van der Waals surface area contributed by atoms with Crippen LogP contribution in [-0.2, 0) is 0 Å². The second-order valence-corrected chi connectivity index (χ2v) is 5.86. The summed E-state index contributed by atoms with van der Waals surface area (Å²) in [5.41, 5.74) is 3.46. The Labute approximate surface area is 138 Å². The summed E-state index contributed by atoms with van der Waals surface area (Å²) in [6.07, 6.45) is 7.44. The maximum absolute atomic E-state index is 5.31. The van der Waals surface area contributed by atoms with Crippen LogP contribution in [0.2, 0.25) is 0 Å². The summed E-state index contributed by atoms with van der Waals surface area (Å²) in [4.78, 5) is 9.15. The molecule has 0 bridgehead atoms. The van der Waals surface area contributed by atoms with E-state index in [-0.39, 0.29) is 0 Å². The van der Waals surface area contributed by atoms with Crippen LogP contribution < -0.4 is 10.1 Å². The summed E-state index contributed by atoms with van der Waals surface area (Å²) >= 11 is 0. The molecule has 3 heterocycles. The first-order chi connectivity index (χ1) is 11.7. The molecule has 0 radical (unpaired) electrons. The lowest BCUT2D eigenvalue weighted by Gasteiger charge is -2.09. The number of benzene rings is 1. The van der Waals surface area contributed by atoms with Crippen LogP contribution in [-0.4, -0.2) is 31.3 Å². The fraction of sp³-hybridized carbons (Fsp3) is 0.235. The van der Waals surface area contributed by atoms with Gasteiger partial charge in [0.05, 0.1) is 30.0 Å². The average molecular weight is 322 g/mol. The van der Waals surface area contributed by atoms with Crippen LogP contribution >= 0.6 is 0 Å². The van der Waals surface area contributed by atoms with Crippen LogP contribution in [0.1, 0.15) is 19.9 Å². The van der Waals surface area contributed by atoms with Gasteiger partial charge in [-0.05, 0) is 26.0 Å². The van der Waals surface area contributed by atoms with Gasteiger partial charge in [0.25, 0.3) is 0 Å². The van der Waals surface area contributed by atoms with Gasteiger partial charge in [0.15, 0.2) is 11.5 Å². The van der Waals surface area contributed by atoms with Gasteiger partial charge in [-0.25, -0.2) is 9.97 Å². The minimum Gasteiger partial charge on any atom is -0.497 e. The van der Waals surface area contributed by atoms with Crippen molar-refractivity contribution in [2.24, 2.45) is 0 Å². The van der Waals surface area contributed by atoms with E-state index >= 15 is 0 Å². The van der Waals surface area contributed by atoms with Crippen LogP contribution in [0.3, 0.4) is 0 Å². The first-order valence-electron chi connectivity index (χ1n) is 7.77. The van der Waals surface area contributed by atoms with Gasteiger partial charge in [0.1, 0.15) is 5.75 Å². The third kappa shape index (κ3) is 2.34. The lowest BCUT2D eigenvalue weighted by Crippen LogP contribution is -2.01. The summed E-state index contributed by atoms with van der Waals surface area (Å²) < 4.78 is 9.21. The van der Waals surface area contributed by atoms with Crippen molar-refractivity contribution in [2.45, 2.75) is 19.9 Å². The maximum Gasteiger partial charge on any atom is 0.180 e. The standard InChI is InChI=1S/C17H18N6O/c1-11(2)23-10-12(9-19-23)20-16-17-18-6-7-22(17)15-5-4-13(24-3)8-14(15)21-16/h4-11H,1-3H3,(H,20,21). The molecule has 0 saturated carbocycles. The van der Waals surface area contributed by atoms with Gasteiger partial charge in [0.2, 0.25) is 0 Å². The van der Waals surface area contributed by atoms with E-state index in [1.54, 1.807) is 19.5 Å². The number of imidazole rings is 1. The van der Waals surface area contributed by atoms with Gasteiger partial charge in [0, 0.05) is 30.7 Å². The van der Waals surface area contributed by atoms with Crippen molar-refractivity contribution in [3.05, 3.63) is 43.0 Å². The Hall–Kier alpha value is -3.09. The Bertz CT molecular complexity index is 1020. The van der Waals surface area contributed by atoms with Gasteiger partial charge in [-0.1, -0.05) is 0 Å². The molecule has 0 atom stereocenters. The Kier molecular flexibility index (Phi) is 3.34. The summed E-state index contributed by atoms with van der Waals surface area (Å²) in [7, 11) is 1.65. The van der Waals surface area contributed by atoms with Crippen molar-refractivity contribution < 1.29 is 4.74 Å². The lowest BCUT2D eigenvalue weighted by molar-refractivity contribution is 0.415. The highest BCUT2D eigenvalue weighted by molar-refractivity contribution is 5.85. The van der Waals surface area contributed by atoms with Crippen molar-refractivity contribution in [2.75, 3.05) is 12.4 Å². The summed E-state index contributed by atoms with van der Waals surface area (Å²) in [5, 5.41) is 7.67. The molecule has 1 N–H and O–H groups in total. The zero-order valence-electron chi connectivity index (χ0n) is 13.8. The van der Waals surface area contributed by atoms with Crippen LogP contribution in [0.25, 0.3) is 16.7 Å². The summed E-state index contributed by atoms with van der Waals surface area (Å²) in [5.74, 6) is 1.46. The number of nitrogens with zero attached hydrogens (tertiary/aromatic N) is 5. The zero-order valence-corrected chi connectivity index (χ0v) is 13.8. The number of fused-ring (bicyclic) bond motifs is 3. The third-order valence-electron chi connectivity index (χ3n) is 3.92. The van der Waals surface area contributed by atoms with Crippen molar-refractivity contribution in [1.82, 2.24) is 24.1 Å². The van der Waals surface area contributed by atoms with E-state index in [4.69, 9.17) is 9.72 Å². The first kappa shape index (κ1) is 14.5. The van der Waals surface area contributed by atoms with Crippen LogP contribution in [0.4, 0.5) is 11.5 Å². The predicted octanol–water partition coefficient (Wildman–Crippen LogP) is 3.41. The molecule has 0 fully saturated rings. The van der Waals surface area contributed by atoms with E-state index in [1.165, 1.54) is 0 Å². The second-order valence-electron chi connectivity index (χ2n) is 5.86. The topological polar surface area (TPSA) is 69.3 Å². The fourth-order valence-corrected chi connectivity index (χ4v) is 2.67. The number of ether oxygens (including phenoxy) is 1. The molecule has 0 aliphatic carbocycles. The number of nitrogens with one attached hydrogen (secondary N) is 1. The molecule has 0 spiro atoms. The van der Waals surface area contributed by atoms with Crippen LogP contribution in [0, 0.1) is 0 Å². The molecule has 4 aromatic rings. The third-order valence-corrected chi connectivity index (χ3v) is 3.92. The molecule has 24 heavy (non-hydrogen) atoms. The SMILES string of the molecule is COc1ccc2c(c1)nc(Nc1cnn(C(C)C)c1)c1nccn12. The largest absolute Gasteiger partial charge is 0.497 e. The molecule has 7 heteroatoms. The molecule has 7 nitrogen and oxygen atoms in total. The molecule has 4 rings (SSSR count). The quantitative estimate of drug-likeness (QED) is 0.623. The molecule has 0 unspecified atom stereocenters. The van der Waals surface area contributed by atoms with Crippen LogP contribution in [0.15, 0.2) is 43.0 Å². The van der Waals surface area contributed by atoms with Crippen molar-refractivity contribution in [1.29, 1.82) is 0 Å². The van der Waals surface area contributed by atoms with E-state index < -0.39 is 0 Å². The smallest absolute Gasteiger partial charge is 0.180 e. The predicted molar refractivity (Wildman–Crippen MR) is 92.9 cm³/mol. The molecule has 0 amide bonds. The minimum atomic E-state index is 0.306. The number of methoxy groups -OCH3 is 1. The molecular weight excluding hydrogens is 304 g/mol. The molecule has 0 aliphatic rings. The number of hydrogen-bond donors (Lipinski definition) is 1. The molecule has 1 aromatic carbocycles. The zero-order chi connectivity index (χ0) is 16.7. The highest BCUT2D eigenvalue weighted by Gasteiger charge is 2.11. The minimum absolute atomic E-state index is 0.306. The molecule has 0 aliphatic heterocycles. The summed E-state index contributed by atoms with van der Waals surface area (Å²) in [6, 6.07) is 6.12. The van der Waals surface area contributed by atoms with Gasteiger partial charge >= 0.3 is 0 Å².